The van der Waals surface area contributed by atoms with Crippen LogP contribution in [0.15, 0.2) is 0 Å². The first-order valence-corrected chi connectivity index (χ1v) is 6.68. The third-order valence-corrected chi connectivity index (χ3v) is 4.46. The minimum Gasteiger partial charge on any atom is -0.396 e. The fraction of sp³-hybridized carbons (Fsp3) is 1.00. The summed E-state index contributed by atoms with van der Waals surface area (Å²) >= 11 is 0. The van der Waals surface area contributed by atoms with Crippen LogP contribution >= 0.6 is 0 Å². The van der Waals surface area contributed by atoms with E-state index in [9.17, 15) is 5.11 Å². The van der Waals surface area contributed by atoms with Crippen LogP contribution in [0.4, 0.5) is 0 Å². The second-order valence-electron chi connectivity index (χ2n) is 5.99. The summed E-state index contributed by atoms with van der Waals surface area (Å²) in [6.45, 7) is 6.14. The van der Waals surface area contributed by atoms with Crippen molar-refractivity contribution in [2.45, 2.75) is 38.6 Å². The van der Waals surface area contributed by atoms with Gasteiger partial charge in [0.2, 0.25) is 0 Å². The standard InChI is InChI=1S/C13H26N2O/c1-11(12-4-3-7-15(2)8-12)14-9-13(10-16)5-6-13/h11-12,14,16H,3-10H2,1-2H3. The van der Waals surface area contributed by atoms with Crippen LogP contribution in [0.1, 0.15) is 32.6 Å². The van der Waals surface area contributed by atoms with Gasteiger partial charge in [0.25, 0.3) is 0 Å². The maximum Gasteiger partial charge on any atom is 0.0499 e. The van der Waals surface area contributed by atoms with Crippen LogP contribution in [-0.2, 0) is 0 Å². The minimum absolute atomic E-state index is 0.245. The maximum atomic E-state index is 9.27. The van der Waals surface area contributed by atoms with Gasteiger partial charge in [0.1, 0.15) is 0 Å². The number of nitrogens with zero attached hydrogens (tertiary/aromatic N) is 1. The van der Waals surface area contributed by atoms with Crippen molar-refractivity contribution >= 4 is 0 Å². The van der Waals surface area contributed by atoms with Crippen LogP contribution in [-0.4, -0.2) is 49.3 Å². The summed E-state index contributed by atoms with van der Waals surface area (Å²) in [6.07, 6.45) is 5.09. The zero-order chi connectivity index (χ0) is 11.6. The molecule has 2 unspecified atom stereocenters. The molecule has 0 bridgehead atoms. The van der Waals surface area contributed by atoms with Gasteiger partial charge in [0.05, 0.1) is 0 Å². The Labute approximate surface area is 99.2 Å². The smallest absolute Gasteiger partial charge is 0.0499 e. The van der Waals surface area contributed by atoms with Crippen molar-refractivity contribution in [2.75, 3.05) is 33.3 Å². The van der Waals surface area contributed by atoms with Gasteiger partial charge in [-0.05, 0) is 52.1 Å². The third-order valence-electron chi connectivity index (χ3n) is 4.46. The van der Waals surface area contributed by atoms with Crippen molar-refractivity contribution in [1.82, 2.24) is 10.2 Å². The Bertz CT molecular complexity index is 228. The number of piperidine rings is 1. The van der Waals surface area contributed by atoms with E-state index in [4.69, 9.17) is 0 Å². The molecule has 0 aromatic rings. The van der Waals surface area contributed by atoms with Crippen LogP contribution in [0.2, 0.25) is 0 Å². The van der Waals surface area contributed by atoms with E-state index in [1.54, 1.807) is 0 Å². The second kappa shape index (κ2) is 5.03. The Morgan fingerprint density at radius 3 is 2.81 bits per heavy atom. The van der Waals surface area contributed by atoms with Gasteiger partial charge in [-0.15, -0.1) is 0 Å². The molecule has 0 spiro atoms. The predicted octanol–water partition coefficient (Wildman–Crippen LogP) is 1.08. The topological polar surface area (TPSA) is 35.5 Å². The van der Waals surface area contributed by atoms with Crippen LogP contribution in [0.25, 0.3) is 0 Å². The normalized spacial score (nSPS) is 31.3. The molecule has 0 amide bonds. The van der Waals surface area contributed by atoms with Gasteiger partial charge in [-0.1, -0.05) is 0 Å². The fourth-order valence-corrected chi connectivity index (χ4v) is 2.73. The molecule has 1 saturated carbocycles. The summed E-state index contributed by atoms with van der Waals surface area (Å²) in [5, 5.41) is 12.9. The van der Waals surface area contributed by atoms with Crippen LogP contribution in [0.3, 0.4) is 0 Å². The van der Waals surface area contributed by atoms with E-state index in [0.717, 1.165) is 12.5 Å². The lowest BCUT2D eigenvalue weighted by molar-refractivity contribution is 0.163. The first kappa shape index (κ1) is 12.3. The minimum atomic E-state index is 0.245. The zero-order valence-corrected chi connectivity index (χ0v) is 10.7. The van der Waals surface area contributed by atoms with E-state index in [-0.39, 0.29) is 5.41 Å². The quantitative estimate of drug-likeness (QED) is 0.736. The summed E-state index contributed by atoms with van der Waals surface area (Å²) in [6, 6.07) is 0.590. The molecule has 3 nitrogen and oxygen atoms in total. The molecule has 2 rings (SSSR count). The van der Waals surface area contributed by atoms with Crippen molar-refractivity contribution in [3.63, 3.8) is 0 Å². The summed E-state index contributed by atoms with van der Waals surface area (Å²) < 4.78 is 0. The Morgan fingerprint density at radius 1 is 1.50 bits per heavy atom. The first-order valence-electron chi connectivity index (χ1n) is 6.68. The van der Waals surface area contributed by atoms with Crippen molar-refractivity contribution in [2.24, 2.45) is 11.3 Å². The molecule has 2 fully saturated rings. The van der Waals surface area contributed by atoms with Gasteiger partial charge >= 0.3 is 0 Å². The average Bonchev–Trinajstić information content (AvgIpc) is 3.07. The number of hydrogen-bond donors (Lipinski definition) is 2. The Balaban J connectivity index is 1.72. The van der Waals surface area contributed by atoms with E-state index < -0.39 is 0 Å². The lowest BCUT2D eigenvalue weighted by Crippen LogP contribution is -2.44. The largest absolute Gasteiger partial charge is 0.396 e. The molecule has 0 aromatic heterocycles. The summed E-state index contributed by atoms with van der Waals surface area (Å²) in [5.41, 5.74) is 0.245. The molecule has 2 atom stereocenters. The van der Waals surface area contributed by atoms with E-state index in [0.29, 0.717) is 12.6 Å². The van der Waals surface area contributed by atoms with Gasteiger partial charge in [-0.25, -0.2) is 0 Å². The fourth-order valence-electron chi connectivity index (χ4n) is 2.73. The Morgan fingerprint density at radius 2 is 2.25 bits per heavy atom. The number of rotatable bonds is 5. The van der Waals surface area contributed by atoms with E-state index in [1.165, 1.54) is 38.8 Å². The molecule has 1 aliphatic carbocycles. The molecule has 1 aliphatic heterocycles. The Kier molecular flexibility index (Phi) is 3.88. The molecular formula is C13H26N2O. The van der Waals surface area contributed by atoms with Crippen LogP contribution in [0.5, 0.6) is 0 Å². The van der Waals surface area contributed by atoms with E-state index in [2.05, 4.69) is 24.2 Å². The van der Waals surface area contributed by atoms with Crippen LogP contribution < -0.4 is 5.32 Å². The highest BCUT2D eigenvalue weighted by Crippen LogP contribution is 2.44. The summed E-state index contributed by atoms with van der Waals surface area (Å²) in [4.78, 5) is 2.44. The molecule has 2 aliphatic rings. The van der Waals surface area contributed by atoms with Crippen molar-refractivity contribution < 1.29 is 5.11 Å². The SMILES string of the molecule is CC(NCC1(CO)CC1)C1CCCN(C)C1. The van der Waals surface area contributed by atoms with Crippen LogP contribution in [0, 0.1) is 11.3 Å². The molecule has 1 heterocycles. The predicted molar refractivity (Wildman–Crippen MR) is 66.4 cm³/mol. The maximum absolute atomic E-state index is 9.27. The zero-order valence-electron chi connectivity index (χ0n) is 10.7. The monoisotopic (exact) mass is 226 g/mol. The van der Waals surface area contributed by atoms with Gasteiger partial charge in [0.15, 0.2) is 0 Å². The van der Waals surface area contributed by atoms with Crippen molar-refractivity contribution in [3.05, 3.63) is 0 Å². The number of aliphatic hydroxyl groups is 1. The Hall–Kier alpha value is -0.120. The van der Waals surface area contributed by atoms with Gasteiger partial charge in [-0.2, -0.15) is 0 Å². The molecule has 1 saturated heterocycles. The molecule has 94 valence electrons. The summed E-state index contributed by atoms with van der Waals surface area (Å²) in [5.74, 6) is 0.785. The number of hydrogen-bond acceptors (Lipinski definition) is 3. The average molecular weight is 226 g/mol. The third kappa shape index (κ3) is 2.96. The molecule has 3 heteroatoms. The highest BCUT2D eigenvalue weighted by atomic mass is 16.3. The molecule has 2 N–H and O–H groups in total. The van der Waals surface area contributed by atoms with E-state index in [1.807, 2.05) is 0 Å². The van der Waals surface area contributed by atoms with Gasteiger partial charge < -0.3 is 15.3 Å². The molecule has 16 heavy (non-hydrogen) atoms. The number of nitrogens with one attached hydrogen (secondary N) is 1. The van der Waals surface area contributed by atoms with Crippen molar-refractivity contribution in [3.8, 4) is 0 Å². The lowest BCUT2D eigenvalue weighted by Gasteiger charge is -2.34. The first-order chi connectivity index (χ1) is 7.65. The van der Waals surface area contributed by atoms with Gasteiger partial charge in [-0.3, -0.25) is 0 Å². The second-order valence-corrected chi connectivity index (χ2v) is 5.99. The highest BCUT2D eigenvalue weighted by molar-refractivity contribution is 4.95. The summed E-state index contributed by atoms with van der Waals surface area (Å²) in [7, 11) is 2.22. The molecule has 0 radical (unpaired) electrons. The van der Waals surface area contributed by atoms with Crippen molar-refractivity contribution in [1.29, 1.82) is 0 Å². The molecular weight excluding hydrogens is 200 g/mol. The highest BCUT2D eigenvalue weighted by Gasteiger charge is 2.42. The van der Waals surface area contributed by atoms with Gasteiger partial charge in [0, 0.05) is 31.2 Å². The number of aliphatic hydroxyl groups excluding tert-OH is 1. The van der Waals surface area contributed by atoms with E-state index >= 15 is 0 Å². The lowest BCUT2D eigenvalue weighted by atomic mass is 9.91. The molecule has 0 aromatic carbocycles. The number of likely N-dealkylation sites (tertiary alicyclic amines) is 1.